The first-order chi connectivity index (χ1) is 9.38. The van der Waals surface area contributed by atoms with Crippen LogP contribution in [0.15, 0.2) is 46.7 Å². The second kappa shape index (κ2) is 5.49. The predicted molar refractivity (Wildman–Crippen MR) is 68.6 cm³/mol. The maximum Gasteiger partial charge on any atom is 0.417 e. The molecule has 0 saturated carbocycles. The van der Waals surface area contributed by atoms with Crippen LogP contribution in [0.3, 0.4) is 0 Å². The number of rotatable bonds is 3. The van der Waals surface area contributed by atoms with Gasteiger partial charge in [0.2, 0.25) is 0 Å². The van der Waals surface area contributed by atoms with Crippen molar-refractivity contribution in [3.63, 3.8) is 0 Å². The van der Waals surface area contributed by atoms with Gasteiger partial charge < -0.3 is 5.73 Å². The molecule has 0 aromatic carbocycles. The molecule has 2 rings (SSSR count). The zero-order chi connectivity index (χ0) is 14.8. The molecule has 0 aliphatic rings. The maximum atomic E-state index is 12.4. The van der Waals surface area contributed by atoms with E-state index < -0.39 is 11.7 Å². The Bertz CT molecular complexity index is 625. The standard InChI is InChI=1S/C12H9F3N4S/c13-12(14,15)7-3-4-9(19-6-7)20-11-8(10(16)17)2-1-5-18-11/h1-6H,(H3,16,17). The van der Waals surface area contributed by atoms with Crippen LogP contribution in [-0.2, 0) is 6.18 Å². The van der Waals surface area contributed by atoms with Crippen LogP contribution in [0.4, 0.5) is 13.2 Å². The van der Waals surface area contributed by atoms with Gasteiger partial charge in [-0.15, -0.1) is 0 Å². The molecule has 4 nitrogen and oxygen atoms in total. The molecule has 0 spiro atoms. The van der Waals surface area contributed by atoms with Crippen LogP contribution >= 0.6 is 11.8 Å². The van der Waals surface area contributed by atoms with E-state index in [0.29, 0.717) is 15.6 Å². The first-order valence-electron chi connectivity index (χ1n) is 5.38. The largest absolute Gasteiger partial charge is 0.417 e. The zero-order valence-corrected chi connectivity index (χ0v) is 10.8. The van der Waals surface area contributed by atoms with E-state index in [-0.39, 0.29) is 5.84 Å². The van der Waals surface area contributed by atoms with Crippen molar-refractivity contribution < 1.29 is 13.2 Å². The van der Waals surface area contributed by atoms with Crippen LogP contribution in [0.25, 0.3) is 0 Å². The summed E-state index contributed by atoms with van der Waals surface area (Å²) in [6.45, 7) is 0. The quantitative estimate of drug-likeness (QED) is 0.675. The number of halogens is 3. The van der Waals surface area contributed by atoms with Gasteiger partial charge in [-0.3, -0.25) is 5.41 Å². The van der Waals surface area contributed by atoms with E-state index in [0.717, 1.165) is 24.0 Å². The summed E-state index contributed by atoms with van der Waals surface area (Å²) in [5.41, 5.74) is 5.02. The summed E-state index contributed by atoms with van der Waals surface area (Å²) in [4.78, 5) is 7.78. The van der Waals surface area contributed by atoms with Crippen LogP contribution < -0.4 is 5.73 Å². The highest BCUT2D eigenvalue weighted by Gasteiger charge is 2.30. The van der Waals surface area contributed by atoms with Crippen LogP contribution in [-0.4, -0.2) is 15.8 Å². The van der Waals surface area contributed by atoms with Crippen molar-refractivity contribution in [2.24, 2.45) is 5.73 Å². The summed E-state index contributed by atoms with van der Waals surface area (Å²) in [5.74, 6) is -0.160. The first kappa shape index (κ1) is 14.3. The lowest BCUT2D eigenvalue weighted by Gasteiger charge is -2.08. The number of nitrogens with two attached hydrogens (primary N) is 1. The highest BCUT2D eigenvalue weighted by atomic mass is 32.2. The van der Waals surface area contributed by atoms with E-state index in [4.69, 9.17) is 11.1 Å². The van der Waals surface area contributed by atoms with Gasteiger partial charge in [-0.1, -0.05) is 0 Å². The molecule has 2 aromatic heterocycles. The molecule has 0 unspecified atom stereocenters. The summed E-state index contributed by atoms with van der Waals surface area (Å²) in [5, 5.41) is 8.18. The molecule has 2 heterocycles. The normalized spacial score (nSPS) is 11.3. The van der Waals surface area contributed by atoms with Crippen LogP contribution in [0.2, 0.25) is 0 Å². The smallest absolute Gasteiger partial charge is 0.384 e. The van der Waals surface area contributed by atoms with E-state index in [9.17, 15) is 13.2 Å². The van der Waals surface area contributed by atoms with Gasteiger partial charge in [0.05, 0.1) is 5.56 Å². The number of nitrogens with zero attached hydrogens (tertiary/aromatic N) is 2. The van der Waals surface area contributed by atoms with Gasteiger partial charge in [-0.2, -0.15) is 13.2 Å². The van der Waals surface area contributed by atoms with Crippen molar-refractivity contribution in [2.75, 3.05) is 0 Å². The number of hydrogen-bond acceptors (Lipinski definition) is 4. The third-order valence-corrected chi connectivity index (χ3v) is 3.30. The van der Waals surface area contributed by atoms with Gasteiger partial charge in [0.15, 0.2) is 0 Å². The Balaban J connectivity index is 2.25. The predicted octanol–water partition coefficient (Wildman–Crippen LogP) is 2.93. The number of alkyl halides is 3. The van der Waals surface area contributed by atoms with Crippen molar-refractivity contribution in [1.82, 2.24) is 9.97 Å². The molecule has 0 bridgehead atoms. The van der Waals surface area contributed by atoms with Crippen molar-refractivity contribution in [3.05, 3.63) is 47.8 Å². The number of aromatic nitrogens is 2. The molecular weight excluding hydrogens is 289 g/mol. The number of nitrogen functional groups attached to an aromatic ring is 1. The number of amidine groups is 1. The molecule has 0 aliphatic carbocycles. The molecule has 0 aliphatic heterocycles. The van der Waals surface area contributed by atoms with E-state index in [1.54, 1.807) is 12.1 Å². The summed E-state index contributed by atoms with van der Waals surface area (Å²) >= 11 is 1.05. The Hall–Kier alpha value is -2.09. The van der Waals surface area contributed by atoms with Gasteiger partial charge in [0, 0.05) is 18.0 Å². The van der Waals surface area contributed by atoms with Crippen molar-refractivity contribution in [3.8, 4) is 0 Å². The van der Waals surface area contributed by atoms with Crippen molar-refractivity contribution in [2.45, 2.75) is 16.2 Å². The fourth-order valence-corrected chi connectivity index (χ4v) is 2.23. The summed E-state index contributed by atoms with van der Waals surface area (Å²) in [6.07, 6.45) is -2.14. The molecule has 0 fully saturated rings. The number of nitrogens with one attached hydrogen (secondary N) is 1. The van der Waals surface area contributed by atoms with E-state index in [2.05, 4.69) is 9.97 Å². The highest BCUT2D eigenvalue weighted by Crippen LogP contribution is 2.31. The lowest BCUT2D eigenvalue weighted by molar-refractivity contribution is -0.137. The first-order valence-corrected chi connectivity index (χ1v) is 6.20. The molecule has 3 N–H and O–H groups in total. The summed E-state index contributed by atoms with van der Waals surface area (Å²) in [6, 6.07) is 5.44. The SMILES string of the molecule is N=C(N)c1cccnc1Sc1ccc(C(F)(F)F)cn1. The maximum absolute atomic E-state index is 12.4. The van der Waals surface area contributed by atoms with Gasteiger partial charge in [0.25, 0.3) is 0 Å². The molecule has 0 saturated heterocycles. The third-order valence-electron chi connectivity index (χ3n) is 2.33. The van der Waals surface area contributed by atoms with Gasteiger partial charge in [-0.05, 0) is 36.0 Å². The third kappa shape index (κ3) is 3.27. The minimum Gasteiger partial charge on any atom is -0.384 e. The van der Waals surface area contributed by atoms with E-state index in [1.807, 2.05) is 0 Å². The minimum absolute atomic E-state index is 0.160. The number of pyridine rings is 2. The topological polar surface area (TPSA) is 75.7 Å². The Kier molecular flexibility index (Phi) is 3.93. The molecule has 2 aromatic rings. The highest BCUT2D eigenvalue weighted by molar-refractivity contribution is 7.99. The minimum atomic E-state index is -4.41. The number of hydrogen-bond donors (Lipinski definition) is 2. The molecule has 0 amide bonds. The molecule has 8 heteroatoms. The monoisotopic (exact) mass is 298 g/mol. The van der Waals surface area contributed by atoms with Crippen LogP contribution in [0, 0.1) is 5.41 Å². The van der Waals surface area contributed by atoms with Gasteiger partial charge in [-0.25, -0.2) is 9.97 Å². The van der Waals surface area contributed by atoms with Crippen LogP contribution in [0.5, 0.6) is 0 Å². The molecule has 0 atom stereocenters. The van der Waals surface area contributed by atoms with Crippen molar-refractivity contribution in [1.29, 1.82) is 5.41 Å². The summed E-state index contributed by atoms with van der Waals surface area (Å²) in [7, 11) is 0. The van der Waals surface area contributed by atoms with Gasteiger partial charge >= 0.3 is 6.18 Å². The molecule has 104 valence electrons. The Morgan fingerprint density at radius 2 is 1.95 bits per heavy atom. The second-order valence-corrected chi connectivity index (χ2v) is 4.76. The van der Waals surface area contributed by atoms with Gasteiger partial charge in [0.1, 0.15) is 15.9 Å². The molecular formula is C12H9F3N4S. The van der Waals surface area contributed by atoms with E-state index in [1.165, 1.54) is 12.3 Å². The Labute approximate surface area is 116 Å². The lowest BCUT2D eigenvalue weighted by Crippen LogP contribution is -2.12. The fourth-order valence-electron chi connectivity index (χ4n) is 1.38. The second-order valence-electron chi connectivity index (χ2n) is 3.75. The van der Waals surface area contributed by atoms with E-state index >= 15 is 0 Å². The Morgan fingerprint density at radius 3 is 2.50 bits per heavy atom. The molecule has 0 radical (unpaired) electrons. The van der Waals surface area contributed by atoms with Crippen molar-refractivity contribution >= 4 is 17.6 Å². The fraction of sp³-hybridized carbons (Fsp3) is 0.0833. The zero-order valence-electron chi connectivity index (χ0n) is 9.98. The van der Waals surface area contributed by atoms with Crippen LogP contribution in [0.1, 0.15) is 11.1 Å². The average Bonchev–Trinajstić information content (AvgIpc) is 2.38. The summed E-state index contributed by atoms with van der Waals surface area (Å²) < 4.78 is 37.2. The average molecular weight is 298 g/mol. The molecule has 20 heavy (non-hydrogen) atoms. The Morgan fingerprint density at radius 1 is 1.20 bits per heavy atom. The lowest BCUT2D eigenvalue weighted by atomic mass is 10.3.